The second kappa shape index (κ2) is 6.91. The second-order valence-corrected chi connectivity index (χ2v) is 8.23. The Morgan fingerprint density at radius 2 is 2.10 bits per heavy atom. The number of nitrogens with zero attached hydrogens (tertiary/aromatic N) is 5. The van der Waals surface area contributed by atoms with Crippen LogP contribution in [0.15, 0.2) is 48.8 Å². The lowest BCUT2D eigenvalue weighted by Gasteiger charge is -2.13. The monoisotopic (exact) mass is 410 g/mol. The number of aryl methyl sites for hydroxylation is 1. The normalized spacial score (nSPS) is 15.7. The maximum atomic E-state index is 11.5. The molecule has 1 aliphatic carbocycles. The fourth-order valence-electron chi connectivity index (χ4n) is 4.51. The van der Waals surface area contributed by atoms with Gasteiger partial charge >= 0.3 is 0 Å². The van der Waals surface area contributed by atoms with Crippen molar-refractivity contribution in [2.75, 3.05) is 0 Å². The molecule has 0 unspecified atom stereocenters. The molecule has 7 nitrogen and oxygen atoms in total. The highest BCUT2D eigenvalue weighted by atomic mass is 16.1. The zero-order valence-electron chi connectivity index (χ0n) is 17.0. The van der Waals surface area contributed by atoms with Crippen LogP contribution in [0.3, 0.4) is 0 Å². The summed E-state index contributed by atoms with van der Waals surface area (Å²) in [4.78, 5) is 21.0. The number of carbonyl (C=O) groups is 1. The number of hydrogen-bond donors (Lipinski definition) is 1. The smallest absolute Gasteiger partial charge is 0.241 e. The van der Waals surface area contributed by atoms with Gasteiger partial charge in [0.1, 0.15) is 17.2 Å². The SMILES string of the molecule is NC(=O)/C=C/c1c(-c2c(-c3ccn(C4CC4)n3)nc3n2CCC3)ccc2ncccc12. The predicted octanol–water partition coefficient (Wildman–Crippen LogP) is 3.74. The quantitative estimate of drug-likeness (QED) is 0.507. The number of hydrogen-bond acceptors (Lipinski definition) is 4. The van der Waals surface area contributed by atoms with Crippen LogP contribution in [0.5, 0.6) is 0 Å². The standard InChI is InChI=1S/C24H22N6O/c25-21(31)10-8-16-17-3-1-12-26-19(17)9-7-18(16)24-23(27-22-4-2-13-29(22)24)20-11-14-30(28-20)15-5-6-15/h1,3,7-12,14-15H,2,4-6,13H2,(H2,25,31)/b10-8+. The number of pyridine rings is 1. The highest BCUT2D eigenvalue weighted by molar-refractivity contribution is 6.00. The zero-order valence-corrected chi connectivity index (χ0v) is 17.0. The van der Waals surface area contributed by atoms with Crippen LogP contribution in [0.1, 0.15) is 36.7 Å². The van der Waals surface area contributed by atoms with Crippen molar-refractivity contribution in [2.45, 2.75) is 38.3 Å². The molecule has 2 aliphatic rings. The van der Waals surface area contributed by atoms with Crippen molar-refractivity contribution < 1.29 is 4.79 Å². The molecule has 0 bridgehead atoms. The fourth-order valence-corrected chi connectivity index (χ4v) is 4.51. The van der Waals surface area contributed by atoms with E-state index in [0.717, 1.165) is 64.3 Å². The van der Waals surface area contributed by atoms with Gasteiger partial charge in [0.05, 0.1) is 17.3 Å². The Balaban J connectivity index is 1.60. The Morgan fingerprint density at radius 3 is 2.94 bits per heavy atom. The molecule has 6 rings (SSSR count). The number of imidazole rings is 1. The third-order valence-corrected chi connectivity index (χ3v) is 6.10. The largest absolute Gasteiger partial charge is 0.366 e. The number of benzene rings is 1. The molecule has 31 heavy (non-hydrogen) atoms. The number of rotatable bonds is 5. The minimum absolute atomic E-state index is 0.478. The lowest BCUT2D eigenvalue weighted by molar-refractivity contribution is -0.113. The van der Waals surface area contributed by atoms with Crippen LogP contribution in [0.4, 0.5) is 0 Å². The van der Waals surface area contributed by atoms with E-state index in [1.54, 1.807) is 12.3 Å². The molecule has 1 aromatic carbocycles. The van der Waals surface area contributed by atoms with Crippen molar-refractivity contribution in [2.24, 2.45) is 5.73 Å². The van der Waals surface area contributed by atoms with Gasteiger partial charge in [-0.15, -0.1) is 0 Å². The molecule has 1 aliphatic heterocycles. The number of primary amides is 1. The molecule has 7 heteroatoms. The van der Waals surface area contributed by atoms with E-state index in [4.69, 9.17) is 15.8 Å². The highest BCUT2D eigenvalue weighted by Crippen LogP contribution is 2.40. The minimum atomic E-state index is -0.478. The van der Waals surface area contributed by atoms with Gasteiger partial charge in [-0.05, 0) is 49.1 Å². The number of aromatic nitrogens is 5. The number of amides is 1. The molecule has 0 saturated heterocycles. The van der Waals surface area contributed by atoms with E-state index in [-0.39, 0.29) is 0 Å². The Hall–Kier alpha value is -3.74. The van der Waals surface area contributed by atoms with Crippen molar-refractivity contribution in [3.63, 3.8) is 0 Å². The van der Waals surface area contributed by atoms with Crippen LogP contribution in [0.25, 0.3) is 39.6 Å². The lowest BCUT2D eigenvalue weighted by Crippen LogP contribution is -2.05. The lowest BCUT2D eigenvalue weighted by atomic mass is 9.97. The van der Waals surface area contributed by atoms with Crippen LogP contribution < -0.4 is 5.73 Å². The number of carbonyl (C=O) groups excluding carboxylic acids is 1. The first-order valence-corrected chi connectivity index (χ1v) is 10.7. The first-order chi connectivity index (χ1) is 15.2. The summed E-state index contributed by atoms with van der Waals surface area (Å²) in [6, 6.07) is 10.6. The van der Waals surface area contributed by atoms with Crippen molar-refractivity contribution in [1.82, 2.24) is 24.3 Å². The van der Waals surface area contributed by atoms with Crippen molar-refractivity contribution in [1.29, 1.82) is 0 Å². The molecule has 1 amide bonds. The molecule has 1 saturated carbocycles. The summed E-state index contributed by atoms with van der Waals surface area (Å²) in [6.45, 7) is 0.922. The predicted molar refractivity (Wildman–Crippen MR) is 119 cm³/mol. The first kappa shape index (κ1) is 18.1. The van der Waals surface area contributed by atoms with Crippen LogP contribution >= 0.6 is 0 Å². The Kier molecular flexibility index (Phi) is 4.02. The molecular formula is C24H22N6O. The van der Waals surface area contributed by atoms with Gasteiger partial charge < -0.3 is 10.3 Å². The third-order valence-electron chi connectivity index (χ3n) is 6.10. The molecule has 0 radical (unpaired) electrons. The van der Waals surface area contributed by atoms with Gasteiger partial charge in [-0.2, -0.15) is 5.10 Å². The van der Waals surface area contributed by atoms with Gasteiger partial charge in [-0.25, -0.2) is 4.98 Å². The summed E-state index contributed by atoms with van der Waals surface area (Å²) in [5.74, 6) is 0.607. The van der Waals surface area contributed by atoms with E-state index in [2.05, 4.69) is 32.6 Å². The van der Waals surface area contributed by atoms with E-state index in [1.807, 2.05) is 18.2 Å². The fraction of sp³-hybridized carbons (Fsp3) is 0.250. The molecule has 154 valence electrons. The maximum Gasteiger partial charge on any atom is 0.241 e. The van der Waals surface area contributed by atoms with E-state index in [1.165, 1.54) is 18.9 Å². The maximum absolute atomic E-state index is 11.5. The molecule has 3 aromatic heterocycles. The van der Waals surface area contributed by atoms with Gasteiger partial charge in [0.2, 0.25) is 5.91 Å². The molecule has 1 fully saturated rings. The van der Waals surface area contributed by atoms with E-state index in [0.29, 0.717) is 6.04 Å². The van der Waals surface area contributed by atoms with Gasteiger partial charge in [0, 0.05) is 42.4 Å². The van der Waals surface area contributed by atoms with Crippen LogP contribution in [-0.2, 0) is 17.8 Å². The Labute approximate surface area is 179 Å². The topological polar surface area (TPSA) is 91.6 Å². The highest BCUT2D eigenvalue weighted by Gasteiger charge is 2.28. The van der Waals surface area contributed by atoms with Crippen LogP contribution in [0, 0.1) is 0 Å². The van der Waals surface area contributed by atoms with Gasteiger partial charge in [-0.1, -0.05) is 12.1 Å². The first-order valence-electron chi connectivity index (χ1n) is 10.7. The second-order valence-electron chi connectivity index (χ2n) is 8.23. The summed E-state index contributed by atoms with van der Waals surface area (Å²) < 4.78 is 4.35. The van der Waals surface area contributed by atoms with Gasteiger partial charge in [0.15, 0.2) is 0 Å². The average Bonchev–Trinajstić information content (AvgIpc) is 3.18. The number of fused-ring (bicyclic) bond motifs is 2. The summed E-state index contributed by atoms with van der Waals surface area (Å²) in [5, 5.41) is 5.82. The average molecular weight is 410 g/mol. The molecular weight excluding hydrogens is 388 g/mol. The molecule has 4 aromatic rings. The number of nitrogens with two attached hydrogens (primary N) is 1. The van der Waals surface area contributed by atoms with Gasteiger partial charge in [-0.3, -0.25) is 14.5 Å². The summed E-state index contributed by atoms with van der Waals surface area (Å²) in [5.41, 5.74) is 11.1. The van der Waals surface area contributed by atoms with Crippen LogP contribution in [0.2, 0.25) is 0 Å². The van der Waals surface area contributed by atoms with E-state index in [9.17, 15) is 4.79 Å². The van der Waals surface area contributed by atoms with Crippen molar-refractivity contribution in [3.8, 4) is 22.6 Å². The van der Waals surface area contributed by atoms with Crippen LogP contribution in [-0.4, -0.2) is 30.2 Å². The zero-order chi connectivity index (χ0) is 20.9. The molecule has 0 atom stereocenters. The summed E-state index contributed by atoms with van der Waals surface area (Å²) in [6.07, 6.45) is 11.4. The van der Waals surface area contributed by atoms with Crippen molar-refractivity contribution in [3.05, 3.63) is 60.2 Å². The molecule has 4 heterocycles. The van der Waals surface area contributed by atoms with Gasteiger partial charge in [0.25, 0.3) is 0 Å². The molecule has 2 N–H and O–H groups in total. The Morgan fingerprint density at radius 1 is 1.19 bits per heavy atom. The van der Waals surface area contributed by atoms with E-state index >= 15 is 0 Å². The van der Waals surface area contributed by atoms with Crippen molar-refractivity contribution >= 4 is 22.9 Å². The van der Waals surface area contributed by atoms with E-state index < -0.39 is 5.91 Å². The minimum Gasteiger partial charge on any atom is -0.366 e. The third kappa shape index (κ3) is 3.04. The Bertz CT molecular complexity index is 1360. The molecule has 0 spiro atoms. The summed E-state index contributed by atoms with van der Waals surface area (Å²) in [7, 11) is 0. The summed E-state index contributed by atoms with van der Waals surface area (Å²) >= 11 is 0.